The Bertz CT molecular complexity index is 446. The normalized spacial score (nSPS) is 19.8. The number of methoxy groups -OCH3 is 1. The Hall–Kier alpha value is -1.22. The molecule has 1 atom stereocenters. The van der Waals surface area contributed by atoms with Crippen molar-refractivity contribution in [2.75, 3.05) is 32.1 Å². The summed E-state index contributed by atoms with van der Waals surface area (Å²) >= 11 is 0. The van der Waals surface area contributed by atoms with Crippen molar-refractivity contribution < 1.29 is 4.74 Å². The molecule has 1 heterocycles. The minimum absolute atomic E-state index is 0.288. The Labute approximate surface area is 123 Å². The molecule has 0 amide bonds. The molecule has 0 bridgehead atoms. The second-order valence-electron chi connectivity index (χ2n) is 6.55. The van der Waals surface area contributed by atoms with Crippen molar-refractivity contribution in [2.24, 2.45) is 5.41 Å². The van der Waals surface area contributed by atoms with Crippen LogP contribution in [0.4, 0.5) is 5.69 Å². The average molecular weight is 276 g/mol. The van der Waals surface area contributed by atoms with Crippen molar-refractivity contribution in [1.29, 1.82) is 0 Å². The number of rotatable bonds is 4. The van der Waals surface area contributed by atoms with E-state index >= 15 is 0 Å². The van der Waals surface area contributed by atoms with Crippen LogP contribution >= 0.6 is 0 Å². The van der Waals surface area contributed by atoms with Crippen LogP contribution in [0.1, 0.15) is 45.2 Å². The smallest absolute Gasteiger partial charge is 0.125 e. The minimum atomic E-state index is 0.288. The van der Waals surface area contributed by atoms with E-state index in [0.29, 0.717) is 5.41 Å². The Morgan fingerprint density at radius 1 is 1.25 bits per heavy atom. The molecule has 1 saturated heterocycles. The molecule has 1 unspecified atom stereocenters. The third-order valence-corrected chi connectivity index (χ3v) is 4.59. The van der Waals surface area contributed by atoms with Crippen LogP contribution in [-0.2, 0) is 0 Å². The minimum Gasteiger partial charge on any atom is -0.496 e. The van der Waals surface area contributed by atoms with Crippen molar-refractivity contribution in [3.05, 3.63) is 23.8 Å². The van der Waals surface area contributed by atoms with E-state index in [-0.39, 0.29) is 6.04 Å². The maximum Gasteiger partial charge on any atom is 0.125 e. The first-order valence-corrected chi connectivity index (χ1v) is 7.57. The van der Waals surface area contributed by atoms with Gasteiger partial charge in [0.1, 0.15) is 5.75 Å². The van der Waals surface area contributed by atoms with E-state index in [1.807, 2.05) is 7.05 Å². The summed E-state index contributed by atoms with van der Waals surface area (Å²) in [6, 6.07) is 6.67. The fourth-order valence-electron chi connectivity index (χ4n) is 2.92. The lowest BCUT2D eigenvalue weighted by Gasteiger charge is -2.39. The summed E-state index contributed by atoms with van der Waals surface area (Å²) in [6.45, 7) is 9.18. The van der Waals surface area contributed by atoms with Gasteiger partial charge in [-0.05, 0) is 44.4 Å². The Balaban J connectivity index is 2.32. The maximum atomic E-state index is 5.57. The lowest BCUT2D eigenvalue weighted by atomic mass is 9.82. The highest BCUT2D eigenvalue weighted by molar-refractivity contribution is 5.61. The van der Waals surface area contributed by atoms with Crippen LogP contribution in [0.15, 0.2) is 18.2 Å². The van der Waals surface area contributed by atoms with Crippen molar-refractivity contribution in [3.63, 3.8) is 0 Å². The van der Waals surface area contributed by atoms with Crippen molar-refractivity contribution in [3.8, 4) is 5.75 Å². The SMILES string of the molecule is CNC(C)c1c(OC)cccc1N1CCC(C)(C)CC1. The molecule has 1 fully saturated rings. The molecule has 3 nitrogen and oxygen atoms in total. The number of nitrogens with zero attached hydrogens (tertiary/aromatic N) is 1. The van der Waals surface area contributed by atoms with Crippen molar-refractivity contribution in [1.82, 2.24) is 5.32 Å². The molecule has 1 aliphatic heterocycles. The quantitative estimate of drug-likeness (QED) is 0.909. The molecular formula is C17H28N2O. The highest BCUT2D eigenvalue weighted by atomic mass is 16.5. The van der Waals surface area contributed by atoms with E-state index in [4.69, 9.17) is 4.74 Å². The van der Waals surface area contributed by atoms with Crippen LogP contribution in [-0.4, -0.2) is 27.2 Å². The summed E-state index contributed by atoms with van der Waals surface area (Å²) in [7, 11) is 3.75. The second-order valence-corrected chi connectivity index (χ2v) is 6.55. The first-order chi connectivity index (χ1) is 9.48. The van der Waals surface area contributed by atoms with Gasteiger partial charge in [0.2, 0.25) is 0 Å². The van der Waals surface area contributed by atoms with Crippen molar-refractivity contribution >= 4 is 5.69 Å². The van der Waals surface area contributed by atoms with Gasteiger partial charge in [0.15, 0.2) is 0 Å². The molecular weight excluding hydrogens is 248 g/mol. The van der Waals surface area contributed by atoms with E-state index in [0.717, 1.165) is 18.8 Å². The summed E-state index contributed by atoms with van der Waals surface area (Å²) in [5, 5.41) is 3.35. The molecule has 1 N–H and O–H groups in total. The molecule has 0 aliphatic carbocycles. The van der Waals surface area contributed by atoms with Crippen LogP contribution in [0, 0.1) is 5.41 Å². The summed E-state index contributed by atoms with van der Waals surface area (Å²) in [5.41, 5.74) is 3.07. The van der Waals surface area contributed by atoms with Gasteiger partial charge in [0.25, 0.3) is 0 Å². The molecule has 20 heavy (non-hydrogen) atoms. The third-order valence-electron chi connectivity index (χ3n) is 4.59. The first kappa shape index (κ1) is 15.2. The van der Waals surface area contributed by atoms with Gasteiger partial charge in [-0.1, -0.05) is 19.9 Å². The predicted molar refractivity (Wildman–Crippen MR) is 85.7 cm³/mol. The Morgan fingerprint density at radius 3 is 2.45 bits per heavy atom. The number of piperidine rings is 1. The summed E-state index contributed by atoms with van der Waals surface area (Å²) < 4.78 is 5.57. The molecule has 1 aromatic rings. The number of hydrogen-bond donors (Lipinski definition) is 1. The second kappa shape index (κ2) is 6.04. The van der Waals surface area contributed by atoms with Gasteiger partial charge in [0, 0.05) is 30.4 Å². The van der Waals surface area contributed by atoms with Gasteiger partial charge in [-0.3, -0.25) is 0 Å². The van der Waals surface area contributed by atoms with Crippen LogP contribution in [0.5, 0.6) is 5.75 Å². The highest BCUT2D eigenvalue weighted by Gasteiger charge is 2.27. The van der Waals surface area contributed by atoms with Gasteiger partial charge in [-0.15, -0.1) is 0 Å². The lowest BCUT2D eigenvalue weighted by Crippen LogP contribution is -2.38. The van der Waals surface area contributed by atoms with E-state index in [2.05, 4.69) is 49.2 Å². The van der Waals surface area contributed by atoms with Gasteiger partial charge >= 0.3 is 0 Å². The molecule has 0 spiro atoms. The van der Waals surface area contributed by atoms with E-state index < -0.39 is 0 Å². The fraction of sp³-hybridized carbons (Fsp3) is 0.647. The molecule has 0 aromatic heterocycles. The van der Waals surface area contributed by atoms with E-state index in [1.54, 1.807) is 7.11 Å². The molecule has 112 valence electrons. The monoisotopic (exact) mass is 276 g/mol. The van der Waals surface area contributed by atoms with Gasteiger partial charge in [-0.2, -0.15) is 0 Å². The van der Waals surface area contributed by atoms with Gasteiger partial charge in [-0.25, -0.2) is 0 Å². The Morgan fingerprint density at radius 2 is 1.90 bits per heavy atom. The molecule has 0 saturated carbocycles. The van der Waals surface area contributed by atoms with Crippen LogP contribution < -0.4 is 15.0 Å². The summed E-state index contributed by atoms with van der Waals surface area (Å²) in [6.07, 6.45) is 2.50. The zero-order valence-electron chi connectivity index (χ0n) is 13.5. The van der Waals surface area contributed by atoms with E-state index in [1.165, 1.54) is 24.1 Å². The predicted octanol–water partition coefficient (Wildman–Crippen LogP) is 3.60. The zero-order valence-corrected chi connectivity index (χ0v) is 13.5. The molecule has 1 aliphatic rings. The number of hydrogen-bond acceptors (Lipinski definition) is 3. The topological polar surface area (TPSA) is 24.5 Å². The third kappa shape index (κ3) is 3.09. The largest absolute Gasteiger partial charge is 0.496 e. The van der Waals surface area contributed by atoms with E-state index in [9.17, 15) is 0 Å². The number of benzene rings is 1. The van der Waals surface area contributed by atoms with Crippen LogP contribution in [0.2, 0.25) is 0 Å². The number of nitrogens with one attached hydrogen (secondary N) is 1. The molecule has 0 radical (unpaired) electrons. The number of ether oxygens (including phenoxy) is 1. The fourth-order valence-corrected chi connectivity index (χ4v) is 2.92. The van der Waals surface area contributed by atoms with Crippen molar-refractivity contribution in [2.45, 2.75) is 39.7 Å². The highest BCUT2D eigenvalue weighted by Crippen LogP contribution is 2.38. The first-order valence-electron chi connectivity index (χ1n) is 7.57. The number of anilines is 1. The molecule has 2 rings (SSSR count). The molecule has 1 aromatic carbocycles. The van der Waals surface area contributed by atoms with Gasteiger partial charge < -0.3 is 15.0 Å². The lowest BCUT2D eigenvalue weighted by molar-refractivity contribution is 0.279. The van der Waals surface area contributed by atoms with Crippen LogP contribution in [0.3, 0.4) is 0 Å². The summed E-state index contributed by atoms with van der Waals surface area (Å²) in [5.74, 6) is 0.981. The summed E-state index contributed by atoms with van der Waals surface area (Å²) in [4.78, 5) is 2.51. The van der Waals surface area contributed by atoms with Gasteiger partial charge in [0.05, 0.1) is 7.11 Å². The standard InChI is InChI=1S/C17H28N2O/c1-13(18-4)16-14(7-6-8-15(16)20-5)19-11-9-17(2,3)10-12-19/h6-8,13,18H,9-12H2,1-5H3. The Kier molecular flexibility index (Phi) is 4.59. The maximum absolute atomic E-state index is 5.57. The average Bonchev–Trinajstić information content (AvgIpc) is 2.45. The zero-order chi connectivity index (χ0) is 14.8. The van der Waals surface area contributed by atoms with Crippen LogP contribution in [0.25, 0.3) is 0 Å². The molecule has 3 heteroatoms.